The summed E-state index contributed by atoms with van der Waals surface area (Å²) in [5.74, 6) is -0.0597. The molecule has 0 aliphatic carbocycles. The quantitative estimate of drug-likeness (QED) is 0.840. The van der Waals surface area contributed by atoms with Crippen LogP contribution in [0.15, 0.2) is 53.0 Å². The fraction of sp³-hybridized carbons (Fsp3) is 0.0769. The number of hydrogen-bond acceptors (Lipinski definition) is 3. The predicted molar refractivity (Wildman–Crippen MR) is 81.2 cm³/mol. The minimum atomic E-state index is -3.43. The molecule has 0 aromatic heterocycles. The van der Waals surface area contributed by atoms with Crippen LogP contribution < -0.4 is 10.5 Å². The minimum absolute atomic E-state index is 0.0597. The lowest BCUT2D eigenvalue weighted by Gasteiger charge is -2.09. The fourth-order valence-corrected chi connectivity index (χ4v) is 3.17. The number of anilines is 2. The Bertz CT molecular complexity index is 672. The highest BCUT2D eigenvalue weighted by Gasteiger charge is 2.12. The van der Waals surface area contributed by atoms with Gasteiger partial charge in [-0.05, 0) is 39.7 Å². The summed E-state index contributed by atoms with van der Waals surface area (Å²) >= 11 is 3.26. The third-order valence-electron chi connectivity index (χ3n) is 2.47. The molecule has 0 saturated heterocycles. The molecule has 0 atom stereocenters. The molecule has 0 aliphatic rings. The lowest BCUT2D eigenvalue weighted by atomic mass is 10.2. The van der Waals surface area contributed by atoms with Gasteiger partial charge in [0.05, 0.1) is 5.75 Å². The Morgan fingerprint density at radius 2 is 1.79 bits per heavy atom. The first-order valence-electron chi connectivity index (χ1n) is 5.56. The second kappa shape index (κ2) is 5.63. The Morgan fingerprint density at radius 1 is 1.11 bits per heavy atom. The Morgan fingerprint density at radius 3 is 2.42 bits per heavy atom. The Balaban J connectivity index is 2.15. The molecule has 0 radical (unpaired) electrons. The van der Waals surface area contributed by atoms with Crippen LogP contribution in [0, 0.1) is 0 Å². The summed E-state index contributed by atoms with van der Waals surface area (Å²) in [5.41, 5.74) is 7.44. The standard InChI is InChI=1S/C13H13BrN2O2S/c14-12-8-11(6-7-13(12)15)16-19(17,18)9-10-4-2-1-3-5-10/h1-8,16H,9,15H2. The van der Waals surface area contributed by atoms with E-state index >= 15 is 0 Å². The highest BCUT2D eigenvalue weighted by molar-refractivity contribution is 9.10. The van der Waals surface area contributed by atoms with Crippen molar-refractivity contribution in [3.8, 4) is 0 Å². The molecule has 0 unspecified atom stereocenters. The van der Waals surface area contributed by atoms with Crippen molar-refractivity contribution in [1.29, 1.82) is 0 Å². The van der Waals surface area contributed by atoms with Gasteiger partial charge in [-0.3, -0.25) is 4.72 Å². The van der Waals surface area contributed by atoms with Gasteiger partial charge in [-0.1, -0.05) is 30.3 Å². The number of sulfonamides is 1. The summed E-state index contributed by atoms with van der Waals surface area (Å²) in [6.45, 7) is 0. The molecule has 0 saturated carbocycles. The van der Waals surface area contributed by atoms with Crippen molar-refractivity contribution in [3.63, 3.8) is 0 Å². The van der Waals surface area contributed by atoms with Gasteiger partial charge in [0.25, 0.3) is 0 Å². The van der Waals surface area contributed by atoms with Gasteiger partial charge in [-0.2, -0.15) is 0 Å². The lowest BCUT2D eigenvalue weighted by molar-refractivity contribution is 0.600. The molecule has 2 aromatic rings. The molecular weight excluding hydrogens is 328 g/mol. The summed E-state index contributed by atoms with van der Waals surface area (Å²) in [7, 11) is -3.43. The Hall–Kier alpha value is -1.53. The average Bonchev–Trinajstić information content (AvgIpc) is 2.34. The van der Waals surface area contributed by atoms with Crippen molar-refractivity contribution in [2.45, 2.75) is 5.75 Å². The van der Waals surface area contributed by atoms with E-state index < -0.39 is 10.0 Å². The second-order valence-electron chi connectivity index (χ2n) is 4.08. The molecule has 0 aliphatic heterocycles. The molecular formula is C13H13BrN2O2S. The maximum Gasteiger partial charge on any atom is 0.236 e. The van der Waals surface area contributed by atoms with E-state index in [1.807, 2.05) is 18.2 Å². The van der Waals surface area contributed by atoms with Gasteiger partial charge >= 0.3 is 0 Å². The van der Waals surface area contributed by atoms with Gasteiger partial charge in [0, 0.05) is 15.8 Å². The van der Waals surface area contributed by atoms with Gasteiger partial charge in [0.15, 0.2) is 0 Å². The van der Waals surface area contributed by atoms with Crippen LogP contribution >= 0.6 is 15.9 Å². The van der Waals surface area contributed by atoms with Crippen molar-refractivity contribution in [3.05, 3.63) is 58.6 Å². The van der Waals surface area contributed by atoms with E-state index in [0.29, 0.717) is 15.8 Å². The molecule has 19 heavy (non-hydrogen) atoms. The number of hydrogen-bond donors (Lipinski definition) is 2. The SMILES string of the molecule is Nc1ccc(NS(=O)(=O)Cc2ccccc2)cc1Br. The van der Waals surface area contributed by atoms with Crippen molar-refractivity contribution >= 4 is 37.3 Å². The van der Waals surface area contributed by atoms with Crippen LogP contribution in [-0.2, 0) is 15.8 Å². The lowest BCUT2D eigenvalue weighted by Crippen LogP contribution is -2.15. The first-order valence-corrected chi connectivity index (χ1v) is 8.00. The van der Waals surface area contributed by atoms with Crippen LogP contribution in [0.1, 0.15) is 5.56 Å². The minimum Gasteiger partial charge on any atom is -0.398 e. The highest BCUT2D eigenvalue weighted by Crippen LogP contribution is 2.24. The van der Waals surface area contributed by atoms with Gasteiger partial charge in [-0.15, -0.1) is 0 Å². The number of rotatable bonds is 4. The van der Waals surface area contributed by atoms with Crippen LogP contribution in [0.2, 0.25) is 0 Å². The number of nitrogen functional groups attached to an aromatic ring is 1. The molecule has 2 rings (SSSR count). The summed E-state index contributed by atoms with van der Waals surface area (Å²) in [6.07, 6.45) is 0. The first kappa shape index (κ1) is 13.9. The highest BCUT2D eigenvalue weighted by atomic mass is 79.9. The monoisotopic (exact) mass is 340 g/mol. The third-order valence-corrected chi connectivity index (χ3v) is 4.42. The van der Waals surface area contributed by atoms with Crippen LogP contribution in [-0.4, -0.2) is 8.42 Å². The third kappa shape index (κ3) is 3.97. The summed E-state index contributed by atoms with van der Waals surface area (Å²) in [6, 6.07) is 13.9. The zero-order chi connectivity index (χ0) is 13.9. The van der Waals surface area contributed by atoms with Crippen LogP contribution in [0.3, 0.4) is 0 Å². The molecule has 0 amide bonds. The summed E-state index contributed by atoms with van der Waals surface area (Å²) in [4.78, 5) is 0. The van der Waals surface area contributed by atoms with E-state index in [2.05, 4.69) is 20.7 Å². The van der Waals surface area contributed by atoms with Crippen molar-refractivity contribution in [2.75, 3.05) is 10.5 Å². The molecule has 0 spiro atoms. The molecule has 100 valence electrons. The fourth-order valence-electron chi connectivity index (χ4n) is 1.60. The van der Waals surface area contributed by atoms with E-state index in [4.69, 9.17) is 5.73 Å². The van der Waals surface area contributed by atoms with E-state index in [1.165, 1.54) is 0 Å². The van der Waals surface area contributed by atoms with Gasteiger partial charge in [0.2, 0.25) is 10.0 Å². The zero-order valence-electron chi connectivity index (χ0n) is 10.0. The van der Waals surface area contributed by atoms with E-state index in [1.54, 1.807) is 30.3 Å². The topological polar surface area (TPSA) is 72.2 Å². The second-order valence-corrected chi connectivity index (χ2v) is 6.66. The predicted octanol–water partition coefficient (Wildman–Crippen LogP) is 2.97. The zero-order valence-corrected chi connectivity index (χ0v) is 12.4. The van der Waals surface area contributed by atoms with Gasteiger partial charge in [-0.25, -0.2) is 8.42 Å². The number of nitrogens with two attached hydrogens (primary N) is 1. The van der Waals surface area contributed by atoms with Gasteiger partial charge in [0.1, 0.15) is 0 Å². The molecule has 3 N–H and O–H groups in total. The van der Waals surface area contributed by atoms with Gasteiger partial charge < -0.3 is 5.73 Å². The van der Waals surface area contributed by atoms with Crippen molar-refractivity contribution < 1.29 is 8.42 Å². The Labute approximate surface area is 120 Å². The van der Waals surface area contributed by atoms with Crippen LogP contribution in [0.4, 0.5) is 11.4 Å². The molecule has 4 nitrogen and oxygen atoms in total. The van der Waals surface area contributed by atoms with Crippen LogP contribution in [0.5, 0.6) is 0 Å². The number of halogens is 1. The smallest absolute Gasteiger partial charge is 0.236 e. The van der Waals surface area contributed by atoms with Crippen molar-refractivity contribution in [2.24, 2.45) is 0 Å². The molecule has 0 fully saturated rings. The average molecular weight is 341 g/mol. The molecule has 6 heteroatoms. The van der Waals surface area contributed by atoms with E-state index in [9.17, 15) is 8.42 Å². The van der Waals surface area contributed by atoms with Crippen LogP contribution in [0.25, 0.3) is 0 Å². The Kier molecular flexibility index (Phi) is 4.11. The number of nitrogens with one attached hydrogen (secondary N) is 1. The largest absolute Gasteiger partial charge is 0.398 e. The first-order chi connectivity index (χ1) is 8.96. The maximum atomic E-state index is 12.0. The molecule has 0 heterocycles. The van der Waals surface area contributed by atoms with E-state index in [-0.39, 0.29) is 5.75 Å². The maximum absolute atomic E-state index is 12.0. The summed E-state index contributed by atoms with van der Waals surface area (Å²) < 4.78 is 27.2. The van der Waals surface area contributed by atoms with Crippen molar-refractivity contribution in [1.82, 2.24) is 0 Å². The normalized spacial score (nSPS) is 11.2. The molecule has 2 aromatic carbocycles. The molecule has 0 bridgehead atoms. The van der Waals surface area contributed by atoms with E-state index in [0.717, 1.165) is 5.56 Å². The summed E-state index contributed by atoms with van der Waals surface area (Å²) in [5, 5.41) is 0. The number of benzene rings is 2.